The lowest BCUT2D eigenvalue weighted by Crippen LogP contribution is -2.15. The highest BCUT2D eigenvalue weighted by molar-refractivity contribution is 5.12. The molecule has 0 fully saturated rings. The molecule has 1 atom stereocenters. The van der Waals surface area contributed by atoms with Crippen molar-refractivity contribution in [2.75, 3.05) is 7.05 Å². The molecule has 0 saturated carbocycles. The third-order valence-corrected chi connectivity index (χ3v) is 2.01. The van der Waals surface area contributed by atoms with Crippen LogP contribution in [0.1, 0.15) is 30.9 Å². The molecule has 2 heteroatoms. The molecule has 0 aromatic carbocycles. The van der Waals surface area contributed by atoms with Crippen molar-refractivity contribution in [1.82, 2.24) is 5.32 Å². The Hall–Kier alpha value is -1.02. The van der Waals surface area contributed by atoms with Crippen LogP contribution in [0.3, 0.4) is 0 Å². The highest BCUT2D eigenvalue weighted by atomic mass is 16.3. The first-order chi connectivity index (χ1) is 6.13. The second kappa shape index (κ2) is 4.28. The van der Waals surface area contributed by atoms with E-state index in [1.54, 1.807) is 0 Å². The molecule has 0 amide bonds. The fourth-order valence-electron chi connectivity index (χ4n) is 1.33. The Bertz CT molecular complexity index is 288. The Morgan fingerprint density at radius 1 is 1.62 bits per heavy atom. The van der Waals surface area contributed by atoms with Crippen molar-refractivity contribution in [2.24, 2.45) is 0 Å². The summed E-state index contributed by atoms with van der Waals surface area (Å²) in [5.41, 5.74) is 1.16. The second-order valence-electron chi connectivity index (χ2n) is 3.45. The van der Waals surface area contributed by atoms with Gasteiger partial charge in [-0.2, -0.15) is 0 Å². The maximum Gasteiger partial charge on any atom is 0.121 e. The molecular formula is C11H17NO. The summed E-state index contributed by atoms with van der Waals surface area (Å²) in [5.74, 6) is 1.94. The van der Waals surface area contributed by atoms with Gasteiger partial charge in [-0.1, -0.05) is 5.57 Å². The van der Waals surface area contributed by atoms with E-state index < -0.39 is 0 Å². The summed E-state index contributed by atoms with van der Waals surface area (Å²) in [6.07, 6.45) is 0.920. The first-order valence-corrected chi connectivity index (χ1v) is 4.51. The average Bonchev–Trinajstić information content (AvgIpc) is 2.47. The zero-order valence-electron chi connectivity index (χ0n) is 8.55. The highest BCUT2D eigenvalue weighted by Crippen LogP contribution is 2.21. The van der Waals surface area contributed by atoms with E-state index >= 15 is 0 Å². The number of aryl methyl sites for hydroxylation is 1. The van der Waals surface area contributed by atoms with Crippen LogP contribution >= 0.6 is 0 Å². The number of rotatable bonds is 4. The normalized spacial score (nSPS) is 12.8. The van der Waals surface area contributed by atoms with E-state index in [1.807, 2.05) is 33.0 Å². The van der Waals surface area contributed by atoms with E-state index in [0.29, 0.717) is 0 Å². The lowest BCUT2D eigenvalue weighted by atomic mass is 10.1. The number of hydrogen-bond donors (Lipinski definition) is 1. The number of hydrogen-bond acceptors (Lipinski definition) is 2. The Morgan fingerprint density at radius 2 is 2.31 bits per heavy atom. The van der Waals surface area contributed by atoms with Crippen molar-refractivity contribution in [3.05, 3.63) is 35.8 Å². The van der Waals surface area contributed by atoms with Gasteiger partial charge in [0.1, 0.15) is 11.5 Å². The molecule has 0 radical (unpaired) electrons. The molecule has 1 N–H and O–H groups in total. The summed E-state index contributed by atoms with van der Waals surface area (Å²) in [6.45, 7) is 7.88. The molecule has 0 aliphatic carbocycles. The molecule has 13 heavy (non-hydrogen) atoms. The SMILES string of the molecule is C=C(C)CC(NC)c1ccc(C)o1. The third-order valence-electron chi connectivity index (χ3n) is 2.01. The zero-order chi connectivity index (χ0) is 9.84. The minimum absolute atomic E-state index is 0.256. The zero-order valence-corrected chi connectivity index (χ0v) is 8.55. The highest BCUT2D eigenvalue weighted by Gasteiger charge is 2.12. The van der Waals surface area contributed by atoms with Crippen LogP contribution in [-0.2, 0) is 0 Å². The van der Waals surface area contributed by atoms with Crippen molar-refractivity contribution in [3.8, 4) is 0 Å². The van der Waals surface area contributed by atoms with E-state index in [4.69, 9.17) is 4.42 Å². The first kappa shape index (κ1) is 10.1. The molecule has 1 aromatic heterocycles. The molecule has 0 bridgehead atoms. The smallest absolute Gasteiger partial charge is 0.121 e. The van der Waals surface area contributed by atoms with Crippen LogP contribution in [0.5, 0.6) is 0 Å². The van der Waals surface area contributed by atoms with Gasteiger partial charge >= 0.3 is 0 Å². The molecule has 72 valence electrons. The van der Waals surface area contributed by atoms with E-state index in [2.05, 4.69) is 11.9 Å². The third kappa shape index (κ3) is 2.74. The maximum atomic E-state index is 5.53. The van der Waals surface area contributed by atoms with Gasteiger partial charge in [0, 0.05) is 0 Å². The first-order valence-electron chi connectivity index (χ1n) is 4.51. The minimum atomic E-state index is 0.256. The molecular weight excluding hydrogens is 162 g/mol. The van der Waals surface area contributed by atoms with Gasteiger partial charge in [0.25, 0.3) is 0 Å². The Labute approximate surface area is 79.6 Å². The lowest BCUT2D eigenvalue weighted by Gasteiger charge is -2.12. The molecule has 1 rings (SSSR count). The van der Waals surface area contributed by atoms with Crippen LogP contribution in [0.4, 0.5) is 0 Å². The summed E-state index contributed by atoms with van der Waals surface area (Å²) in [5, 5.41) is 3.21. The van der Waals surface area contributed by atoms with Crippen LogP contribution in [0.2, 0.25) is 0 Å². The van der Waals surface area contributed by atoms with E-state index in [0.717, 1.165) is 23.5 Å². The molecule has 1 heterocycles. The topological polar surface area (TPSA) is 25.2 Å². The van der Waals surface area contributed by atoms with Gasteiger partial charge in [-0.3, -0.25) is 0 Å². The van der Waals surface area contributed by atoms with Crippen LogP contribution in [0.15, 0.2) is 28.7 Å². The van der Waals surface area contributed by atoms with Crippen molar-refractivity contribution >= 4 is 0 Å². The van der Waals surface area contributed by atoms with E-state index in [1.165, 1.54) is 0 Å². The van der Waals surface area contributed by atoms with Crippen LogP contribution in [0.25, 0.3) is 0 Å². The van der Waals surface area contributed by atoms with Gasteiger partial charge in [-0.05, 0) is 39.4 Å². The fraction of sp³-hybridized carbons (Fsp3) is 0.455. The van der Waals surface area contributed by atoms with Gasteiger partial charge in [-0.15, -0.1) is 6.58 Å². The predicted octanol–water partition coefficient (Wildman–Crippen LogP) is 2.81. The van der Waals surface area contributed by atoms with Gasteiger partial charge in [0.15, 0.2) is 0 Å². The van der Waals surface area contributed by atoms with Crippen molar-refractivity contribution in [3.63, 3.8) is 0 Å². The largest absolute Gasteiger partial charge is 0.465 e. The average molecular weight is 179 g/mol. The summed E-state index contributed by atoms with van der Waals surface area (Å²) in [4.78, 5) is 0. The summed E-state index contributed by atoms with van der Waals surface area (Å²) in [7, 11) is 1.94. The Balaban J connectivity index is 2.72. The lowest BCUT2D eigenvalue weighted by molar-refractivity contribution is 0.414. The van der Waals surface area contributed by atoms with Gasteiger partial charge in [0.05, 0.1) is 6.04 Å². The second-order valence-corrected chi connectivity index (χ2v) is 3.45. The predicted molar refractivity (Wildman–Crippen MR) is 54.7 cm³/mol. The molecule has 0 spiro atoms. The monoisotopic (exact) mass is 179 g/mol. The molecule has 0 saturated heterocycles. The quantitative estimate of drug-likeness (QED) is 0.719. The van der Waals surface area contributed by atoms with E-state index in [9.17, 15) is 0 Å². The maximum absolute atomic E-state index is 5.53. The minimum Gasteiger partial charge on any atom is -0.465 e. The summed E-state index contributed by atoms with van der Waals surface area (Å²) >= 11 is 0. The summed E-state index contributed by atoms with van der Waals surface area (Å²) in [6, 6.07) is 4.25. The molecule has 0 aliphatic rings. The van der Waals surface area contributed by atoms with Gasteiger partial charge in [0.2, 0.25) is 0 Å². The van der Waals surface area contributed by atoms with Gasteiger partial charge in [-0.25, -0.2) is 0 Å². The standard InChI is InChI=1S/C11H17NO/c1-8(2)7-10(12-4)11-6-5-9(3)13-11/h5-6,10,12H,1,7H2,2-4H3. The number of nitrogens with one attached hydrogen (secondary N) is 1. The number of furan rings is 1. The van der Waals surface area contributed by atoms with Crippen LogP contribution in [-0.4, -0.2) is 7.05 Å². The molecule has 1 unspecified atom stereocenters. The molecule has 0 aliphatic heterocycles. The van der Waals surface area contributed by atoms with Crippen molar-refractivity contribution in [1.29, 1.82) is 0 Å². The summed E-state index contributed by atoms with van der Waals surface area (Å²) < 4.78 is 5.53. The molecule has 2 nitrogen and oxygen atoms in total. The van der Waals surface area contributed by atoms with Crippen molar-refractivity contribution < 1.29 is 4.42 Å². The van der Waals surface area contributed by atoms with Crippen molar-refractivity contribution in [2.45, 2.75) is 26.3 Å². The van der Waals surface area contributed by atoms with Crippen LogP contribution in [0, 0.1) is 6.92 Å². The Morgan fingerprint density at radius 3 is 2.69 bits per heavy atom. The van der Waals surface area contributed by atoms with Crippen LogP contribution < -0.4 is 5.32 Å². The fourth-order valence-corrected chi connectivity index (χ4v) is 1.33. The Kier molecular flexibility index (Phi) is 3.32. The molecule has 1 aromatic rings. The van der Waals surface area contributed by atoms with Gasteiger partial charge < -0.3 is 9.73 Å². The van der Waals surface area contributed by atoms with E-state index in [-0.39, 0.29) is 6.04 Å².